The van der Waals surface area contributed by atoms with Crippen LogP contribution in [0.1, 0.15) is 66.2 Å². The van der Waals surface area contributed by atoms with E-state index >= 15 is 0 Å². The normalized spacial score (nSPS) is 25.8. The third-order valence-corrected chi connectivity index (χ3v) is 4.15. The van der Waals surface area contributed by atoms with Crippen molar-refractivity contribution in [1.29, 1.82) is 0 Å². The zero-order valence-corrected chi connectivity index (χ0v) is 12.3. The van der Waals surface area contributed by atoms with Crippen molar-refractivity contribution in [2.75, 3.05) is 13.1 Å². The summed E-state index contributed by atoms with van der Waals surface area (Å²) in [5, 5.41) is 3.61. The quantitative estimate of drug-likeness (QED) is 0.733. The Balaban J connectivity index is 2.36. The van der Waals surface area contributed by atoms with Crippen LogP contribution < -0.4 is 5.32 Å². The number of piperidine rings is 1. The molecule has 0 radical (unpaired) electrons. The summed E-state index contributed by atoms with van der Waals surface area (Å²) in [5.41, 5.74) is 0. The molecule has 17 heavy (non-hydrogen) atoms. The van der Waals surface area contributed by atoms with Crippen molar-refractivity contribution in [1.82, 2.24) is 10.2 Å². The smallest absolute Gasteiger partial charge is 0.00954 e. The maximum absolute atomic E-state index is 3.61. The first kappa shape index (κ1) is 15.0. The molecule has 0 aromatic carbocycles. The fourth-order valence-corrected chi connectivity index (χ4v) is 3.16. The minimum atomic E-state index is 0.657. The van der Waals surface area contributed by atoms with Crippen molar-refractivity contribution in [2.24, 2.45) is 0 Å². The highest BCUT2D eigenvalue weighted by molar-refractivity contribution is 4.82. The molecule has 1 aliphatic heterocycles. The molecule has 1 aliphatic rings. The predicted octanol–water partition coefficient (Wildman–Crippen LogP) is 3.42. The Labute approximate surface area is 108 Å². The van der Waals surface area contributed by atoms with Gasteiger partial charge >= 0.3 is 0 Å². The van der Waals surface area contributed by atoms with Crippen LogP contribution in [0.2, 0.25) is 0 Å². The van der Waals surface area contributed by atoms with Gasteiger partial charge in [-0.05, 0) is 59.0 Å². The molecule has 0 aromatic heterocycles. The number of likely N-dealkylation sites (tertiary alicyclic amines) is 1. The summed E-state index contributed by atoms with van der Waals surface area (Å²) < 4.78 is 0. The summed E-state index contributed by atoms with van der Waals surface area (Å²) in [6.45, 7) is 11.8. The Morgan fingerprint density at radius 2 is 2.00 bits per heavy atom. The summed E-state index contributed by atoms with van der Waals surface area (Å²) in [4.78, 5) is 2.76. The van der Waals surface area contributed by atoms with Gasteiger partial charge < -0.3 is 5.32 Å². The molecule has 0 aromatic rings. The average molecular weight is 240 g/mol. The van der Waals surface area contributed by atoms with Gasteiger partial charge in [0.1, 0.15) is 0 Å². The highest BCUT2D eigenvalue weighted by Crippen LogP contribution is 2.23. The first-order valence-corrected chi connectivity index (χ1v) is 7.68. The molecular formula is C15H32N2. The predicted molar refractivity (Wildman–Crippen MR) is 76.5 cm³/mol. The second kappa shape index (κ2) is 8.10. The summed E-state index contributed by atoms with van der Waals surface area (Å²) >= 11 is 0. The average Bonchev–Trinajstić information content (AvgIpc) is 2.36. The molecule has 0 saturated carbocycles. The van der Waals surface area contributed by atoms with Crippen molar-refractivity contribution in [3.05, 3.63) is 0 Å². The molecule has 0 bridgehead atoms. The van der Waals surface area contributed by atoms with E-state index in [2.05, 4.69) is 37.9 Å². The molecule has 0 aliphatic carbocycles. The lowest BCUT2D eigenvalue weighted by Gasteiger charge is -2.40. The van der Waals surface area contributed by atoms with Gasteiger partial charge in [0, 0.05) is 18.1 Å². The number of nitrogens with zero attached hydrogens (tertiary/aromatic N) is 1. The minimum absolute atomic E-state index is 0.657. The van der Waals surface area contributed by atoms with Crippen molar-refractivity contribution in [3.63, 3.8) is 0 Å². The first-order chi connectivity index (χ1) is 8.19. The van der Waals surface area contributed by atoms with Crippen LogP contribution in [0.25, 0.3) is 0 Å². The van der Waals surface area contributed by atoms with Gasteiger partial charge in [0.05, 0.1) is 0 Å². The van der Waals surface area contributed by atoms with E-state index in [9.17, 15) is 0 Å². The topological polar surface area (TPSA) is 15.3 Å². The van der Waals surface area contributed by atoms with Gasteiger partial charge in [-0.25, -0.2) is 0 Å². The van der Waals surface area contributed by atoms with E-state index in [1.807, 2.05) is 0 Å². The molecule has 2 nitrogen and oxygen atoms in total. The first-order valence-electron chi connectivity index (χ1n) is 7.68. The monoisotopic (exact) mass is 240 g/mol. The van der Waals surface area contributed by atoms with Crippen molar-refractivity contribution in [3.8, 4) is 0 Å². The third-order valence-electron chi connectivity index (χ3n) is 4.15. The van der Waals surface area contributed by atoms with Crippen LogP contribution in [0.15, 0.2) is 0 Å². The van der Waals surface area contributed by atoms with Gasteiger partial charge in [0.2, 0.25) is 0 Å². The second-order valence-electron chi connectivity index (χ2n) is 5.74. The lowest BCUT2D eigenvalue weighted by molar-refractivity contribution is 0.0905. The highest BCUT2D eigenvalue weighted by Gasteiger charge is 2.25. The number of hydrogen-bond donors (Lipinski definition) is 1. The van der Waals surface area contributed by atoms with Crippen LogP contribution in [0.5, 0.6) is 0 Å². The van der Waals surface area contributed by atoms with Crippen LogP contribution in [0.4, 0.5) is 0 Å². The van der Waals surface area contributed by atoms with Crippen molar-refractivity contribution >= 4 is 0 Å². The maximum Gasteiger partial charge on any atom is 0.00954 e. The van der Waals surface area contributed by atoms with E-state index in [1.165, 1.54) is 45.1 Å². The maximum atomic E-state index is 3.61. The van der Waals surface area contributed by atoms with E-state index in [1.54, 1.807) is 0 Å². The van der Waals surface area contributed by atoms with Gasteiger partial charge in [-0.2, -0.15) is 0 Å². The van der Waals surface area contributed by atoms with Crippen LogP contribution in [0, 0.1) is 0 Å². The van der Waals surface area contributed by atoms with Gasteiger partial charge in [-0.3, -0.25) is 4.90 Å². The van der Waals surface area contributed by atoms with Crippen molar-refractivity contribution < 1.29 is 0 Å². The SMILES string of the molecule is CCCNC(C)CC(C)N1CCCCC1CC. The molecule has 2 heteroatoms. The third kappa shape index (κ3) is 4.97. The van der Waals surface area contributed by atoms with Gasteiger partial charge in [-0.15, -0.1) is 0 Å². The zero-order chi connectivity index (χ0) is 12.7. The number of rotatable bonds is 7. The van der Waals surface area contributed by atoms with E-state index in [-0.39, 0.29) is 0 Å². The van der Waals surface area contributed by atoms with Gasteiger partial charge in [0.25, 0.3) is 0 Å². The van der Waals surface area contributed by atoms with E-state index in [0.29, 0.717) is 6.04 Å². The molecular weight excluding hydrogens is 208 g/mol. The Hall–Kier alpha value is -0.0800. The van der Waals surface area contributed by atoms with Crippen LogP contribution in [0.3, 0.4) is 0 Å². The molecule has 102 valence electrons. The molecule has 1 rings (SSSR count). The summed E-state index contributed by atoms with van der Waals surface area (Å²) in [5.74, 6) is 0. The summed E-state index contributed by atoms with van der Waals surface area (Å²) in [6, 6.07) is 2.24. The fourth-order valence-electron chi connectivity index (χ4n) is 3.16. The molecule has 1 saturated heterocycles. The van der Waals surface area contributed by atoms with Crippen LogP contribution in [-0.4, -0.2) is 36.1 Å². The molecule has 1 heterocycles. The van der Waals surface area contributed by atoms with E-state index in [0.717, 1.165) is 18.6 Å². The molecule has 1 fully saturated rings. The van der Waals surface area contributed by atoms with E-state index in [4.69, 9.17) is 0 Å². The Bertz CT molecular complexity index is 193. The van der Waals surface area contributed by atoms with Crippen molar-refractivity contribution in [2.45, 2.75) is 84.3 Å². The second-order valence-corrected chi connectivity index (χ2v) is 5.74. The van der Waals surface area contributed by atoms with Crippen LogP contribution >= 0.6 is 0 Å². The number of hydrogen-bond acceptors (Lipinski definition) is 2. The molecule has 0 spiro atoms. The standard InChI is InChI=1S/C15H32N2/c1-5-10-16-13(3)12-14(4)17-11-8-7-9-15(17)6-2/h13-16H,5-12H2,1-4H3. The summed E-state index contributed by atoms with van der Waals surface area (Å²) in [7, 11) is 0. The van der Waals surface area contributed by atoms with Crippen LogP contribution in [-0.2, 0) is 0 Å². The number of nitrogens with one attached hydrogen (secondary N) is 1. The molecule has 3 unspecified atom stereocenters. The Kier molecular flexibility index (Phi) is 7.14. The molecule has 1 N–H and O–H groups in total. The zero-order valence-electron chi connectivity index (χ0n) is 12.3. The minimum Gasteiger partial charge on any atom is -0.314 e. The lowest BCUT2D eigenvalue weighted by Crippen LogP contribution is -2.47. The highest BCUT2D eigenvalue weighted by atomic mass is 15.2. The molecule has 0 amide bonds. The van der Waals surface area contributed by atoms with E-state index < -0.39 is 0 Å². The Morgan fingerprint density at radius 3 is 2.65 bits per heavy atom. The lowest BCUT2D eigenvalue weighted by atomic mass is 9.96. The van der Waals surface area contributed by atoms with Gasteiger partial charge in [0.15, 0.2) is 0 Å². The fraction of sp³-hybridized carbons (Fsp3) is 1.00. The molecule has 3 atom stereocenters. The van der Waals surface area contributed by atoms with Gasteiger partial charge in [-0.1, -0.05) is 20.3 Å². The largest absolute Gasteiger partial charge is 0.314 e. The summed E-state index contributed by atoms with van der Waals surface area (Å²) in [6.07, 6.45) is 8.10. The Morgan fingerprint density at radius 1 is 1.24 bits per heavy atom.